The first-order valence-electron chi connectivity index (χ1n) is 7.76. The lowest BCUT2D eigenvalue weighted by atomic mass is 9.76. The van der Waals surface area contributed by atoms with E-state index in [2.05, 4.69) is 27.7 Å². The smallest absolute Gasteiger partial charge is 0.403 e. The van der Waals surface area contributed by atoms with E-state index in [9.17, 15) is 0 Å². The lowest BCUT2D eigenvalue weighted by Crippen LogP contribution is -2.41. The van der Waals surface area contributed by atoms with Crippen LogP contribution in [-0.2, 0) is 9.31 Å². The van der Waals surface area contributed by atoms with Gasteiger partial charge in [-0.3, -0.25) is 0 Å². The normalized spacial score (nSPS) is 39.0. The van der Waals surface area contributed by atoms with Crippen molar-refractivity contribution in [2.45, 2.75) is 83.2 Å². The maximum Gasteiger partial charge on any atom is 0.461 e. The van der Waals surface area contributed by atoms with E-state index in [-0.39, 0.29) is 18.3 Å². The fourth-order valence-electron chi connectivity index (χ4n) is 3.72. The van der Waals surface area contributed by atoms with Crippen LogP contribution < -0.4 is 0 Å². The van der Waals surface area contributed by atoms with Crippen LogP contribution in [0.3, 0.4) is 0 Å². The highest BCUT2D eigenvalue weighted by molar-refractivity contribution is 6.48. The molecule has 3 fully saturated rings. The van der Waals surface area contributed by atoms with Gasteiger partial charge < -0.3 is 9.31 Å². The highest BCUT2D eigenvalue weighted by Gasteiger charge is 2.60. The Morgan fingerprint density at radius 1 is 0.889 bits per heavy atom. The fourth-order valence-corrected chi connectivity index (χ4v) is 3.72. The third-order valence-corrected chi connectivity index (χ3v) is 5.77. The Morgan fingerprint density at radius 2 is 1.44 bits per heavy atom. The van der Waals surface area contributed by atoms with Crippen LogP contribution in [-0.4, -0.2) is 18.3 Å². The molecule has 18 heavy (non-hydrogen) atoms. The van der Waals surface area contributed by atoms with E-state index in [1.54, 1.807) is 0 Å². The molecule has 0 unspecified atom stereocenters. The summed E-state index contributed by atoms with van der Waals surface area (Å²) < 4.78 is 12.4. The molecule has 3 rings (SSSR count). The summed E-state index contributed by atoms with van der Waals surface area (Å²) in [5.74, 6) is 2.52. The third-order valence-electron chi connectivity index (χ3n) is 5.77. The molecule has 1 heterocycles. The average Bonchev–Trinajstić information content (AvgIpc) is 3.04. The lowest BCUT2D eigenvalue weighted by Gasteiger charge is -2.32. The Hall–Kier alpha value is -0.0151. The van der Waals surface area contributed by atoms with Gasteiger partial charge in [0, 0.05) is 0 Å². The molecule has 0 aromatic heterocycles. The standard InChI is InChI=1S/C15H27BO2/c1-14(2)15(3,4)18-16(17-14)13-10-12(13)11-8-6-5-7-9-11/h11-13H,5-10H2,1-4H3/t12-,13+/m0/s1. The maximum absolute atomic E-state index is 6.19. The van der Waals surface area contributed by atoms with E-state index in [1.165, 1.54) is 38.5 Å². The predicted octanol–water partition coefficient (Wildman–Crippen LogP) is 4.05. The molecule has 2 nitrogen and oxygen atoms in total. The van der Waals surface area contributed by atoms with E-state index in [4.69, 9.17) is 9.31 Å². The van der Waals surface area contributed by atoms with Crippen molar-refractivity contribution in [1.82, 2.24) is 0 Å². The van der Waals surface area contributed by atoms with Gasteiger partial charge in [0.15, 0.2) is 0 Å². The number of hydrogen-bond donors (Lipinski definition) is 0. The number of hydrogen-bond acceptors (Lipinski definition) is 2. The van der Waals surface area contributed by atoms with Gasteiger partial charge in [0.05, 0.1) is 11.2 Å². The van der Waals surface area contributed by atoms with Crippen molar-refractivity contribution in [1.29, 1.82) is 0 Å². The average molecular weight is 250 g/mol. The summed E-state index contributed by atoms with van der Waals surface area (Å²) in [7, 11) is 0.0573. The minimum Gasteiger partial charge on any atom is -0.403 e. The molecule has 2 atom stereocenters. The first kappa shape index (κ1) is 13.0. The Kier molecular flexibility index (Phi) is 3.06. The summed E-state index contributed by atoms with van der Waals surface area (Å²) in [4.78, 5) is 0. The lowest BCUT2D eigenvalue weighted by molar-refractivity contribution is 0.00578. The SMILES string of the molecule is CC1(C)OB([C@@H]2C[C@H]2C2CCCCC2)OC1(C)C. The van der Waals surface area contributed by atoms with Crippen LogP contribution in [0.15, 0.2) is 0 Å². The topological polar surface area (TPSA) is 18.5 Å². The molecule has 0 N–H and O–H groups in total. The fraction of sp³-hybridized carbons (Fsp3) is 1.00. The Labute approximate surface area is 112 Å². The minimum atomic E-state index is -0.155. The summed E-state index contributed by atoms with van der Waals surface area (Å²) in [6.45, 7) is 8.63. The molecule has 0 spiro atoms. The second-order valence-corrected chi connectivity index (χ2v) is 7.59. The highest BCUT2D eigenvalue weighted by Crippen LogP contribution is 2.58. The van der Waals surface area contributed by atoms with Gasteiger partial charge in [-0.15, -0.1) is 0 Å². The molecule has 2 saturated carbocycles. The first-order valence-corrected chi connectivity index (χ1v) is 7.76. The van der Waals surface area contributed by atoms with Crippen molar-refractivity contribution in [3.05, 3.63) is 0 Å². The maximum atomic E-state index is 6.19. The predicted molar refractivity (Wildman–Crippen MR) is 74.5 cm³/mol. The molecule has 0 aromatic carbocycles. The van der Waals surface area contributed by atoms with Gasteiger partial charge in [-0.2, -0.15) is 0 Å². The number of rotatable bonds is 2. The van der Waals surface area contributed by atoms with Crippen LogP contribution in [0.2, 0.25) is 5.82 Å². The van der Waals surface area contributed by atoms with Gasteiger partial charge >= 0.3 is 7.12 Å². The quantitative estimate of drug-likeness (QED) is 0.688. The molecule has 0 bridgehead atoms. The van der Waals surface area contributed by atoms with Crippen LogP contribution in [0.4, 0.5) is 0 Å². The summed E-state index contributed by atoms with van der Waals surface area (Å²) in [5.41, 5.74) is -0.311. The molecule has 1 aliphatic heterocycles. The molecule has 102 valence electrons. The molecule has 0 amide bonds. The molecule has 0 radical (unpaired) electrons. The highest BCUT2D eigenvalue weighted by atomic mass is 16.7. The van der Waals surface area contributed by atoms with Crippen molar-refractivity contribution < 1.29 is 9.31 Å². The van der Waals surface area contributed by atoms with Gasteiger partial charge in [-0.25, -0.2) is 0 Å². The zero-order valence-electron chi connectivity index (χ0n) is 12.4. The molecule has 0 aromatic rings. The van der Waals surface area contributed by atoms with E-state index in [1.807, 2.05) is 0 Å². The van der Waals surface area contributed by atoms with Crippen LogP contribution >= 0.6 is 0 Å². The van der Waals surface area contributed by atoms with Gasteiger partial charge in [0.25, 0.3) is 0 Å². The molecule has 2 aliphatic carbocycles. The van der Waals surface area contributed by atoms with Crippen molar-refractivity contribution >= 4 is 7.12 Å². The molecule has 3 heteroatoms. The largest absolute Gasteiger partial charge is 0.461 e. The molecule has 1 saturated heterocycles. The van der Waals surface area contributed by atoms with E-state index < -0.39 is 0 Å². The zero-order valence-corrected chi connectivity index (χ0v) is 12.4. The van der Waals surface area contributed by atoms with E-state index in [0.29, 0.717) is 5.82 Å². The molecular formula is C15H27BO2. The van der Waals surface area contributed by atoms with Crippen LogP contribution in [0.25, 0.3) is 0 Å². The molecular weight excluding hydrogens is 223 g/mol. The van der Waals surface area contributed by atoms with Gasteiger partial charge in [0.1, 0.15) is 0 Å². The Balaban J connectivity index is 1.59. The summed E-state index contributed by atoms with van der Waals surface area (Å²) in [6, 6.07) is 0. The van der Waals surface area contributed by atoms with Gasteiger partial charge in [0.2, 0.25) is 0 Å². The second-order valence-electron chi connectivity index (χ2n) is 7.59. The van der Waals surface area contributed by atoms with Crippen molar-refractivity contribution in [2.75, 3.05) is 0 Å². The summed E-state index contributed by atoms with van der Waals surface area (Å²) >= 11 is 0. The third kappa shape index (κ3) is 2.14. The Bertz CT molecular complexity index is 304. The van der Waals surface area contributed by atoms with Crippen LogP contribution in [0, 0.1) is 11.8 Å². The molecule has 3 aliphatic rings. The van der Waals surface area contributed by atoms with E-state index >= 15 is 0 Å². The van der Waals surface area contributed by atoms with Gasteiger partial charge in [-0.1, -0.05) is 32.1 Å². The van der Waals surface area contributed by atoms with Crippen molar-refractivity contribution in [3.8, 4) is 0 Å². The first-order chi connectivity index (χ1) is 8.41. The second kappa shape index (κ2) is 4.24. The summed E-state index contributed by atoms with van der Waals surface area (Å²) in [6.07, 6.45) is 8.56. The van der Waals surface area contributed by atoms with Crippen molar-refractivity contribution in [3.63, 3.8) is 0 Å². The summed E-state index contributed by atoms with van der Waals surface area (Å²) in [5, 5.41) is 0. The van der Waals surface area contributed by atoms with E-state index in [0.717, 1.165) is 11.8 Å². The van der Waals surface area contributed by atoms with Crippen molar-refractivity contribution in [2.24, 2.45) is 11.8 Å². The zero-order chi connectivity index (χ0) is 13.0. The van der Waals surface area contributed by atoms with Crippen LogP contribution in [0.1, 0.15) is 66.2 Å². The minimum absolute atomic E-state index is 0.0573. The monoisotopic (exact) mass is 250 g/mol. The van der Waals surface area contributed by atoms with Gasteiger partial charge in [-0.05, 0) is 51.8 Å². The van der Waals surface area contributed by atoms with Crippen LogP contribution in [0.5, 0.6) is 0 Å². The Morgan fingerprint density at radius 3 is 2.00 bits per heavy atom.